The van der Waals surface area contributed by atoms with E-state index in [0.29, 0.717) is 13.2 Å². The molecule has 0 bridgehead atoms. The number of carbonyl (C=O) groups excluding carboxylic acids is 1. The van der Waals surface area contributed by atoms with E-state index in [0.717, 1.165) is 50.9 Å². The van der Waals surface area contributed by atoms with Crippen LogP contribution in [0.4, 0.5) is 0 Å². The number of rotatable bonds is 10. The van der Waals surface area contributed by atoms with E-state index in [1.807, 2.05) is 44.2 Å². The number of primary amides is 1. The van der Waals surface area contributed by atoms with Gasteiger partial charge in [-0.05, 0) is 64.7 Å². The molecular weight excluding hydrogens is 316 g/mol. The van der Waals surface area contributed by atoms with Crippen LogP contribution in [-0.4, -0.2) is 49.9 Å². The van der Waals surface area contributed by atoms with Gasteiger partial charge in [-0.2, -0.15) is 0 Å². The molecule has 2 N–H and O–H groups in total. The van der Waals surface area contributed by atoms with Crippen LogP contribution in [0.15, 0.2) is 30.3 Å². The van der Waals surface area contributed by atoms with E-state index in [1.165, 1.54) is 0 Å². The highest BCUT2D eigenvalue weighted by Gasteiger charge is 2.41. The Morgan fingerprint density at radius 1 is 1.16 bits per heavy atom. The zero-order valence-electron chi connectivity index (χ0n) is 15.6. The summed E-state index contributed by atoms with van der Waals surface area (Å²) in [4.78, 5) is 14.6. The lowest BCUT2D eigenvalue weighted by molar-refractivity contribution is -0.140. The fourth-order valence-electron chi connectivity index (χ4n) is 3.66. The van der Waals surface area contributed by atoms with Crippen molar-refractivity contribution in [2.24, 2.45) is 5.73 Å². The number of nitrogens with two attached hydrogens (primary N) is 1. The second kappa shape index (κ2) is 9.90. The highest BCUT2D eigenvalue weighted by molar-refractivity contribution is 5.86. The summed E-state index contributed by atoms with van der Waals surface area (Å²) in [5.41, 5.74) is 6.33. The molecule has 2 rings (SSSR count). The maximum Gasteiger partial charge on any atom is 0.228 e. The fraction of sp³-hybridized carbons (Fsp3) is 0.650. The smallest absolute Gasteiger partial charge is 0.228 e. The first-order valence-electron chi connectivity index (χ1n) is 9.43. The van der Waals surface area contributed by atoms with Crippen molar-refractivity contribution in [1.29, 1.82) is 0 Å². The number of carbonyl (C=O) groups is 1. The van der Waals surface area contributed by atoms with Crippen LogP contribution in [-0.2, 0) is 19.7 Å². The number of ether oxygens (including phenoxy) is 2. The van der Waals surface area contributed by atoms with Gasteiger partial charge < -0.3 is 20.1 Å². The number of hydrogen-bond donors (Lipinski definition) is 1. The number of piperidine rings is 1. The average molecular weight is 348 g/mol. The molecular formula is C20H32N2O3. The molecule has 1 amide bonds. The number of benzene rings is 1. The molecule has 140 valence electrons. The molecule has 0 unspecified atom stereocenters. The standard InChI is InChI=1S/C20H32N2O3/c1-3-24-18(25-4-2)11-8-14-22-15-12-20(13-16-22,19(21)23)17-9-6-5-7-10-17/h5-7,9-10,18H,3-4,8,11-16H2,1-2H3,(H2,21,23). The largest absolute Gasteiger partial charge is 0.369 e. The van der Waals surface area contributed by atoms with Crippen LogP contribution in [0.25, 0.3) is 0 Å². The lowest BCUT2D eigenvalue weighted by Crippen LogP contribution is -2.50. The molecule has 1 aliphatic rings. The number of hydrogen-bond acceptors (Lipinski definition) is 4. The summed E-state index contributed by atoms with van der Waals surface area (Å²) in [6.07, 6.45) is 3.39. The van der Waals surface area contributed by atoms with Gasteiger partial charge in [0, 0.05) is 13.2 Å². The number of likely N-dealkylation sites (tertiary alicyclic amines) is 1. The van der Waals surface area contributed by atoms with Crippen molar-refractivity contribution < 1.29 is 14.3 Å². The number of nitrogens with zero attached hydrogens (tertiary/aromatic N) is 1. The van der Waals surface area contributed by atoms with Crippen LogP contribution in [0, 0.1) is 0 Å². The molecule has 1 aliphatic heterocycles. The van der Waals surface area contributed by atoms with Gasteiger partial charge in [0.25, 0.3) is 0 Å². The Balaban J connectivity index is 1.85. The summed E-state index contributed by atoms with van der Waals surface area (Å²) in [6, 6.07) is 9.98. The third-order valence-electron chi connectivity index (χ3n) is 5.13. The summed E-state index contributed by atoms with van der Waals surface area (Å²) in [5, 5.41) is 0. The van der Waals surface area contributed by atoms with Gasteiger partial charge in [-0.25, -0.2) is 0 Å². The maximum atomic E-state index is 12.2. The van der Waals surface area contributed by atoms with Gasteiger partial charge in [-0.1, -0.05) is 30.3 Å². The Kier molecular flexibility index (Phi) is 7.88. The third kappa shape index (κ3) is 5.27. The third-order valence-corrected chi connectivity index (χ3v) is 5.13. The van der Waals surface area contributed by atoms with E-state index in [2.05, 4.69) is 4.90 Å². The summed E-state index contributed by atoms with van der Waals surface area (Å²) in [5.74, 6) is -0.203. The predicted molar refractivity (Wildman–Crippen MR) is 99.3 cm³/mol. The molecule has 0 radical (unpaired) electrons. The van der Waals surface area contributed by atoms with Crippen molar-refractivity contribution in [1.82, 2.24) is 4.90 Å². The fourth-order valence-corrected chi connectivity index (χ4v) is 3.66. The van der Waals surface area contributed by atoms with Crippen LogP contribution < -0.4 is 5.73 Å². The van der Waals surface area contributed by atoms with Crippen LogP contribution in [0.2, 0.25) is 0 Å². The van der Waals surface area contributed by atoms with Crippen molar-refractivity contribution in [2.45, 2.75) is 51.2 Å². The molecule has 0 aromatic heterocycles. The summed E-state index contributed by atoms with van der Waals surface area (Å²) < 4.78 is 11.2. The van der Waals surface area contributed by atoms with Gasteiger partial charge in [-0.3, -0.25) is 4.79 Å². The molecule has 0 aliphatic carbocycles. The first-order chi connectivity index (χ1) is 12.1. The first kappa shape index (κ1) is 19.9. The van der Waals surface area contributed by atoms with Gasteiger partial charge in [0.2, 0.25) is 5.91 Å². The minimum atomic E-state index is -0.517. The van der Waals surface area contributed by atoms with Crippen molar-refractivity contribution >= 4 is 5.91 Å². The molecule has 0 atom stereocenters. The maximum absolute atomic E-state index is 12.2. The van der Waals surface area contributed by atoms with E-state index in [9.17, 15) is 4.79 Å². The molecule has 1 aromatic rings. The van der Waals surface area contributed by atoms with Crippen LogP contribution >= 0.6 is 0 Å². The molecule has 5 heteroatoms. The van der Waals surface area contributed by atoms with E-state index >= 15 is 0 Å². The quantitative estimate of drug-likeness (QED) is 0.660. The Hall–Kier alpha value is -1.43. The van der Waals surface area contributed by atoms with E-state index in [1.54, 1.807) is 0 Å². The second-order valence-corrected chi connectivity index (χ2v) is 6.64. The molecule has 1 fully saturated rings. The first-order valence-corrected chi connectivity index (χ1v) is 9.43. The lowest BCUT2D eigenvalue weighted by atomic mass is 9.72. The molecule has 0 spiro atoms. The van der Waals surface area contributed by atoms with Gasteiger partial charge in [0.1, 0.15) is 0 Å². The SMILES string of the molecule is CCOC(CCCN1CCC(C(N)=O)(c2ccccc2)CC1)OCC. The van der Waals surface area contributed by atoms with Crippen molar-refractivity contribution in [3.63, 3.8) is 0 Å². The van der Waals surface area contributed by atoms with Crippen LogP contribution in [0.1, 0.15) is 45.1 Å². The van der Waals surface area contributed by atoms with Crippen molar-refractivity contribution in [3.8, 4) is 0 Å². The minimum Gasteiger partial charge on any atom is -0.369 e. The minimum absolute atomic E-state index is 0.103. The predicted octanol–water partition coefficient (Wildman–Crippen LogP) is 2.68. The lowest BCUT2D eigenvalue weighted by Gasteiger charge is -2.40. The van der Waals surface area contributed by atoms with E-state index < -0.39 is 5.41 Å². The average Bonchev–Trinajstić information content (AvgIpc) is 2.63. The highest BCUT2D eigenvalue weighted by atomic mass is 16.7. The second-order valence-electron chi connectivity index (χ2n) is 6.64. The Morgan fingerprint density at radius 2 is 1.76 bits per heavy atom. The zero-order valence-corrected chi connectivity index (χ0v) is 15.6. The van der Waals surface area contributed by atoms with Gasteiger partial charge in [0.05, 0.1) is 5.41 Å². The monoisotopic (exact) mass is 348 g/mol. The van der Waals surface area contributed by atoms with Crippen molar-refractivity contribution in [3.05, 3.63) is 35.9 Å². The van der Waals surface area contributed by atoms with E-state index in [4.69, 9.17) is 15.2 Å². The molecule has 5 nitrogen and oxygen atoms in total. The molecule has 0 saturated carbocycles. The molecule has 1 aromatic carbocycles. The van der Waals surface area contributed by atoms with E-state index in [-0.39, 0.29) is 12.2 Å². The van der Waals surface area contributed by atoms with Crippen molar-refractivity contribution in [2.75, 3.05) is 32.8 Å². The molecule has 25 heavy (non-hydrogen) atoms. The molecule has 1 saturated heterocycles. The summed E-state index contributed by atoms with van der Waals surface area (Å²) in [7, 11) is 0. The van der Waals surface area contributed by atoms with Crippen LogP contribution in [0.3, 0.4) is 0 Å². The molecule has 1 heterocycles. The topological polar surface area (TPSA) is 64.8 Å². The summed E-state index contributed by atoms with van der Waals surface area (Å²) >= 11 is 0. The number of amides is 1. The Morgan fingerprint density at radius 3 is 2.28 bits per heavy atom. The van der Waals surface area contributed by atoms with Gasteiger partial charge in [0.15, 0.2) is 6.29 Å². The Bertz CT molecular complexity index is 507. The normalized spacial score (nSPS) is 17.7. The highest BCUT2D eigenvalue weighted by Crippen LogP contribution is 2.35. The van der Waals surface area contributed by atoms with Gasteiger partial charge >= 0.3 is 0 Å². The van der Waals surface area contributed by atoms with Gasteiger partial charge in [-0.15, -0.1) is 0 Å². The summed E-state index contributed by atoms with van der Waals surface area (Å²) in [6.45, 7) is 8.12. The zero-order chi connectivity index (χ0) is 18.1. The van der Waals surface area contributed by atoms with Crippen LogP contribution in [0.5, 0.6) is 0 Å². The Labute approximate surface area is 151 Å².